The van der Waals surface area contributed by atoms with Gasteiger partial charge < -0.3 is 9.52 Å². The van der Waals surface area contributed by atoms with Crippen LogP contribution in [0.3, 0.4) is 0 Å². The van der Waals surface area contributed by atoms with Gasteiger partial charge in [-0.1, -0.05) is 69.3 Å². The first kappa shape index (κ1) is 22.0. The van der Waals surface area contributed by atoms with E-state index in [0.29, 0.717) is 18.1 Å². The predicted octanol–water partition coefficient (Wildman–Crippen LogP) is 6.09. The van der Waals surface area contributed by atoms with Crippen molar-refractivity contribution in [1.29, 1.82) is 0 Å². The number of nitrogens with zero attached hydrogens (tertiary/aromatic N) is 3. The van der Waals surface area contributed by atoms with Crippen molar-refractivity contribution in [3.63, 3.8) is 0 Å². The van der Waals surface area contributed by atoms with Gasteiger partial charge in [-0.3, -0.25) is 4.68 Å². The van der Waals surface area contributed by atoms with E-state index in [1.807, 2.05) is 48.0 Å². The van der Waals surface area contributed by atoms with Gasteiger partial charge in [0.2, 0.25) is 5.89 Å². The molecule has 0 fully saturated rings. The molecule has 0 saturated heterocycles. The highest BCUT2D eigenvalue weighted by atomic mass is 16.3. The second-order valence-electron chi connectivity index (χ2n) is 9.92. The molecule has 2 heterocycles. The zero-order valence-corrected chi connectivity index (χ0v) is 19.7. The van der Waals surface area contributed by atoms with Crippen LogP contribution in [0.4, 0.5) is 0 Å². The van der Waals surface area contributed by atoms with Crippen molar-refractivity contribution < 1.29 is 9.52 Å². The van der Waals surface area contributed by atoms with E-state index in [2.05, 4.69) is 39.0 Å². The Morgan fingerprint density at radius 2 is 1.69 bits per heavy atom. The zero-order chi connectivity index (χ0) is 23.1. The van der Waals surface area contributed by atoms with Gasteiger partial charge in [-0.15, -0.1) is 0 Å². The third-order valence-corrected chi connectivity index (χ3v) is 5.68. The lowest BCUT2D eigenvalue weighted by molar-refractivity contribution is 0.0785. The van der Waals surface area contributed by atoms with Crippen LogP contribution in [0.25, 0.3) is 22.8 Å². The second kappa shape index (κ2) is 8.06. The lowest BCUT2D eigenvalue weighted by Crippen LogP contribution is -2.16. The summed E-state index contributed by atoms with van der Waals surface area (Å²) in [5.41, 5.74) is 5.94. The minimum absolute atomic E-state index is 0.00550. The fourth-order valence-electron chi connectivity index (χ4n) is 3.87. The Morgan fingerprint density at radius 1 is 0.938 bits per heavy atom. The van der Waals surface area contributed by atoms with Gasteiger partial charge >= 0.3 is 0 Å². The minimum atomic E-state index is -0.877. The van der Waals surface area contributed by atoms with Gasteiger partial charge in [-0.2, -0.15) is 5.10 Å². The smallest absolute Gasteiger partial charge is 0.247 e. The summed E-state index contributed by atoms with van der Waals surface area (Å²) < 4.78 is 7.77. The molecule has 0 radical (unpaired) electrons. The molecule has 0 bridgehead atoms. The van der Waals surface area contributed by atoms with Crippen LogP contribution in [0.15, 0.2) is 65.3 Å². The van der Waals surface area contributed by atoms with Crippen molar-refractivity contribution in [2.45, 2.75) is 59.1 Å². The molecule has 2 aromatic carbocycles. The first-order chi connectivity index (χ1) is 15.0. The SMILES string of the molecule is Cc1cc(-c2nc(-c3ccccc3C(C)(C)C)co2)nn1Cc1cccc(C(C)(C)O)c1. The topological polar surface area (TPSA) is 64.1 Å². The number of aromatic nitrogens is 3. The third-order valence-electron chi connectivity index (χ3n) is 5.68. The van der Waals surface area contributed by atoms with Gasteiger partial charge in [0.25, 0.3) is 0 Å². The molecule has 0 spiro atoms. The fourth-order valence-corrected chi connectivity index (χ4v) is 3.87. The second-order valence-corrected chi connectivity index (χ2v) is 9.92. The molecule has 4 aromatic rings. The average molecular weight is 430 g/mol. The van der Waals surface area contributed by atoms with Crippen molar-refractivity contribution in [2.75, 3.05) is 0 Å². The molecular formula is C27H31N3O2. The third kappa shape index (κ3) is 4.53. The summed E-state index contributed by atoms with van der Waals surface area (Å²) in [4.78, 5) is 4.76. The van der Waals surface area contributed by atoms with E-state index in [1.165, 1.54) is 5.56 Å². The van der Waals surface area contributed by atoms with Crippen LogP contribution in [0, 0.1) is 6.92 Å². The Bertz CT molecular complexity index is 1240. The Balaban J connectivity index is 1.62. The number of aliphatic hydroxyl groups is 1. The van der Waals surface area contributed by atoms with Gasteiger partial charge in [-0.05, 0) is 48.9 Å². The highest BCUT2D eigenvalue weighted by molar-refractivity contribution is 5.66. The highest BCUT2D eigenvalue weighted by Gasteiger charge is 2.21. The predicted molar refractivity (Wildman–Crippen MR) is 127 cm³/mol. The Morgan fingerprint density at radius 3 is 2.41 bits per heavy atom. The lowest BCUT2D eigenvalue weighted by Gasteiger charge is -2.21. The molecule has 0 aliphatic carbocycles. The summed E-state index contributed by atoms with van der Waals surface area (Å²) in [5.74, 6) is 0.510. The molecule has 0 aliphatic rings. The Hall–Kier alpha value is -3.18. The standard InChI is InChI=1S/C27H31N3O2/c1-18-14-23(29-30(18)16-19-10-9-11-20(15-19)27(5,6)31)25-28-24(17-32-25)21-12-7-8-13-22(21)26(2,3)4/h7-15,17,31H,16H2,1-6H3. The zero-order valence-electron chi connectivity index (χ0n) is 19.7. The molecule has 1 N–H and O–H groups in total. The van der Waals surface area contributed by atoms with Crippen LogP contribution in [-0.4, -0.2) is 19.9 Å². The van der Waals surface area contributed by atoms with Crippen molar-refractivity contribution in [1.82, 2.24) is 14.8 Å². The van der Waals surface area contributed by atoms with E-state index in [1.54, 1.807) is 20.1 Å². The number of oxazole rings is 1. The summed E-state index contributed by atoms with van der Waals surface area (Å²) in [6, 6.07) is 18.3. The van der Waals surface area contributed by atoms with Crippen molar-refractivity contribution in [3.8, 4) is 22.8 Å². The minimum Gasteiger partial charge on any atom is -0.443 e. The molecule has 0 saturated carbocycles. The van der Waals surface area contributed by atoms with E-state index >= 15 is 0 Å². The molecule has 5 heteroatoms. The van der Waals surface area contributed by atoms with Crippen molar-refractivity contribution >= 4 is 0 Å². The van der Waals surface area contributed by atoms with E-state index in [0.717, 1.165) is 28.1 Å². The molecule has 5 nitrogen and oxygen atoms in total. The summed E-state index contributed by atoms with van der Waals surface area (Å²) >= 11 is 0. The molecule has 0 amide bonds. The van der Waals surface area contributed by atoms with E-state index < -0.39 is 5.60 Å². The van der Waals surface area contributed by atoms with Gasteiger partial charge in [0, 0.05) is 11.3 Å². The van der Waals surface area contributed by atoms with Gasteiger partial charge in [0.15, 0.2) is 0 Å². The molecule has 0 unspecified atom stereocenters. The number of rotatable bonds is 5. The average Bonchev–Trinajstić information content (AvgIpc) is 3.34. The highest BCUT2D eigenvalue weighted by Crippen LogP contribution is 2.33. The maximum atomic E-state index is 10.3. The Kier molecular flexibility index (Phi) is 5.55. The molecule has 0 aliphatic heterocycles. The van der Waals surface area contributed by atoms with Crippen molar-refractivity contribution in [3.05, 3.63) is 83.2 Å². The molecule has 166 valence electrons. The molecule has 32 heavy (non-hydrogen) atoms. The maximum Gasteiger partial charge on any atom is 0.247 e. The monoisotopic (exact) mass is 429 g/mol. The number of hydrogen-bond acceptors (Lipinski definition) is 4. The van der Waals surface area contributed by atoms with Crippen LogP contribution in [0.2, 0.25) is 0 Å². The van der Waals surface area contributed by atoms with Crippen LogP contribution in [-0.2, 0) is 17.6 Å². The van der Waals surface area contributed by atoms with E-state index in [4.69, 9.17) is 14.5 Å². The summed E-state index contributed by atoms with van der Waals surface area (Å²) in [5, 5.41) is 15.1. The molecule has 0 atom stereocenters. The molecule has 2 aromatic heterocycles. The first-order valence-electron chi connectivity index (χ1n) is 10.9. The fraction of sp³-hybridized carbons (Fsp3) is 0.333. The first-order valence-corrected chi connectivity index (χ1v) is 10.9. The molecular weight excluding hydrogens is 398 g/mol. The van der Waals surface area contributed by atoms with Crippen LogP contribution in [0.1, 0.15) is 57.0 Å². The van der Waals surface area contributed by atoms with Gasteiger partial charge in [0.05, 0.1) is 12.1 Å². The van der Waals surface area contributed by atoms with Crippen LogP contribution < -0.4 is 0 Å². The van der Waals surface area contributed by atoms with Gasteiger partial charge in [-0.25, -0.2) is 4.98 Å². The van der Waals surface area contributed by atoms with Crippen molar-refractivity contribution in [2.24, 2.45) is 0 Å². The number of benzene rings is 2. The number of hydrogen-bond donors (Lipinski definition) is 1. The van der Waals surface area contributed by atoms with Crippen LogP contribution in [0.5, 0.6) is 0 Å². The normalized spacial score (nSPS) is 12.3. The maximum absolute atomic E-state index is 10.3. The summed E-state index contributed by atoms with van der Waals surface area (Å²) in [7, 11) is 0. The number of aryl methyl sites for hydroxylation is 1. The van der Waals surface area contributed by atoms with E-state index in [-0.39, 0.29) is 5.41 Å². The quantitative estimate of drug-likeness (QED) is 0.417. The van der Waals surface area contributed by atoms with Crippen LogP contribution >= 0.6 is 0 Å². The largest absolute Gasteiger partial charge is 0.443 e. The Labute approximate surface area is 189 Å². The molecule has 4 rings (SSSR count). The lowest BCUT2D eigenvalue weighted by atomic mass is 9.83. The summed E-state index contributed by atoms with van der Waals surface area (Å²) in [6.45, 7) is 12.8. The van der Waals surface area contributed by atoms with E-state index in [9.17, 15) is 5.11 Å². The summed E-state index contributed by atoms with van der Waals surface area (Å²) in [6.07, 6.45) is 1.71. The van der Waals surface area contributed by atoms with Gasteiger partial charge in [0.1, 0.15) is 17.7 Å².